The van der Waals surface area contributed by atoms with E-state index in [4.69, 9.17) is 4.74 Å². The van der Waals surface area contributed by atoms with Gasteiger partial charge in [-0.05, 0) is 58.4 Å². The number of carbonyl (C=O) groups excluding carboxylic acids is 1. The largest absolute Gasteiger partial charge is 0.444 e. The Bertz CT molecular complexity index is 726. The molecule has 1 aromatic carbocycles. The third-order valence-electron chi connectivity index (χ3n) is 4.94. The average molecular weight is 370 g/mol. The summed E-state index contributed by atoms with van der Waals surface area (Å²) in [7, 11) is 0. The van der Waals surface area contributed by atoms with E-state index in [0.29, 0.717) is 5.92 Å². The maximum atomic E-state index is 12.2. The van der Waals surface area contributed by atoms with Crippen LogP contribution in [-0.2, 0) is 17.6 Å². The van der Waals surface area contributed by atoms with Gasteiger partial charge in [-0.15, -0.1) is 0 Å². The number of likely N-dealkylation sites (tertiary alicyclic amines) is 1. The van der Waals surface area contributed by atoms with Gasteiger partial charge in [0.25, 0.3) is 0 Å². The lowest BCUT2D eigenvalue weighted by Crippen LogP contribution is -2.41. The second-order valence-electron chi connectivity index (χ2n) is 8.37. The molecule has 0 aliphatic carbocycles. The van der Waals surface area contributed by atoms with Crippen molar-refractivity contribution in [3.63, 3.8) is 0 Å². The molecule has 27 heavy (non-hydrogen) atoms. The highest BCUT2D eigenvalue weighted by atomic mass is 16.6. The van der Waals surface area contributed by atoms with Gasteiger partial charge in [0.2, 0.25) is 0 Å². The number of hydrogen-bond donors (Lipinski definition) is 1. The summed E-state index contributed by atoms with van der Waals surface area (Å²) in [6.45, 7) is 7.16. The number of H-pyrrole nitrogens is 1. The van der Waals surface area contributed by atoms with Crippen molar-refractivity contribution in [3.8, 4) is 0 Å². The van der Waals surface area contributed by atoms with Crippen molar-refractivity contribution < 1.29 is 9.53 Å². The number of hydrogen-bond acceptors (Lipinski definition) is 3. The Labute approximate surface area is 162 Å². The van der Waals surface area contributed by atoms with Crippen LogP contribution in [0.4, 0.5) is 4.79 Å². The molecule has 1 amide bonds. The van der Waals surface area contributed by atoms with Crippen LogP contribution < -0.4 is 0 Å². The van der Waals surface area contributed by atoms with Gasteiger partial charge in [0.15, 0.2) is 0 Å². The second-order valence-corrected chi connectivity index (χ2v) is 8.37. The summed E-state index contributed by atoms with van der Waals surface area (Å²) in [6, 6.07) is 10.6. The highest BCUT2D eigenvalue weighted by Gasteiger charge is 2.28. The maximum absolute atomic E-state index is 12.2. The normalized spacial score (nSPS) is 15.7. The summed E-state index contributed by atoms with van der Waals surface area (Å²) < 4.78 is 5.47. The van der Waals surface area contributed by atoms with Gasteiger partial charge in [-0.2, -0.15) is 0 Å². The SMILES string of the molecule is CC(C)(C)OC(=O)N1CCC(c2ncc(CCCc3ccccc3)[nH]2)CC1. The van der Waals surface area contributed by atoms with Crippen molar-refractivity contribution >= 4 is 6.09 Å². The molecule has 5 nitrogen and oxygen atoms in total. The van der Waals surface area contributed by atoms with Gasteiger partial charge in [0.1, 0.15) is 11.4 Å². The van der Waals surface area contributed by atoms with Crippen molar-refractivity contribution in [1.29, 1.82) is 0 Å². The fraction of sp³-hybridized carbons (Fsp3) is 0.545. The van der Waals surface area contributed by atoms with Gasteiger partial charge >= 0.3 is 6.09 Å². The van der Waals surface area contributed by atoms with Gasteiger partial charge in [-0.1, -0.05) is 30.3 Å². The Hall–Kier alpha value is -2.30. The van der Waals surface area contributed by atoms with Crippen molar-refractivity contribution in [2.24, 2.45) is 0 Å². The van der Waals surface area contributed by atoms with E-state index in [0.717, 1.165) is 51.0 Å². The standard InChI is InChI=1S/C22H31N3O2/c1-22(2,3)27-21(26)25-14-12-18(13-15-25)20-23-16-19(24-20)11-7-10-17-8-5-4-6-9-17/h4-6,8-9,16,18H,7,10-15H2,1-3H3,(H,23,24). The van der Waals surface area contributed by atoms with Crippen molar-refractivity contribution in [2.75, 3.05) is 13.1 Å². The molecule has 0 atom stereocenters. The lowest BCUT2D eigenvalue weighted by molar-refractivity contribution is 0.0203. The molecular formula is C22H31N3O2. The molecule has 1 aliphatic rings. The van der Waals surface area contributed by atoms with Crippen molar-refractivity contribution in [3.05, 3.63) is 53.6 Å². The van der Waals surface area contributed by atoms with Crippen molar-refractivity contribution in [2.45, 2.75) is 64.4 Å². The Kier molecular flexibility index (Phi) is 6.19. The summed E-state index contributed by atoms with van der Waals surface area (Å²) in [5.41, 5.74) is 2.14. The van der Waals surface area contributed by atoms with Crippen LogP contribution in [0.5, 0.6) is 0 Å². The summed E-state index contributed by atoms with van der Waals surface area (Å²) in [4.78, 5) is 22.1. The Morgan fingerprint density at radius 1 is 1.19 bits per heavy atom. The number of piperidine rings is 1. The highest BCUT2D eigenvalue weighted by Crippen LogP contribution is 2.27. The minimum atomic E-state index is -0.441. The molecule has 1 aromatic heterocycles. The minimum absolute atomic E-state index is 0.206. The molecule has 1 saturated heterocycles. The Morgan fingerprint density at radius 2 is 1.89 bits per heavy atom. The van der Waals surface area contributed by atoms with E-state index >= 15 is 0 Å². The third-order valence-corrected chi connectivity index (χ3v) is 4.94. The number of nitrogens with one attached hydrogen (secondary N) is 1. The minimum Gasteiger partial charge on any atom is -0.444 e. The van der Waals surface area contributed by atoms with Crippen molar-refractivity contribution in [1.82, 2.24) is 14.9 Å². The van der Waals surface area contributed by atoms with Crippen LogP contribution in [0.15, 0.2) is 36.5 Å². The molecule has 1 fully saturated rings. The van der Waals surface area contributed by atoms with E-state index in [1.54, 1.807) is 0 Å². The van der Waals surface area contributed by atoms with Crippen LogP contribution in [0.25, 0.3) is 0 Å². The fourth-order valence-electron chi connectivity index (χ4n) is 3.50. The van der Waals surface area contributed by atoms with Crippen LogP contribution >= 0.6 is 0 Å². The van der Waals surface area contributed by atoms with E-state index in [1.165, 1.54) is 11.3 Å². The quantitative estimate of drug-likeness (QED) is 0.831. The van der Waals surface area contributed by atoms with E-state index in [9.17, 15) is 4.79 Å². The third kappa shape index (κ3) is 5.84. The molecule has 3 rings (SSSR count). The molecule has 2 aromatic rings. The number of benzene rings is 1. The number of nitrogens with zero attached hydrogens (tertiary/aromatic N) is 2. The monoisotopic (exact) mass is 369 g/mol. The predicted octanol–water partition coefficient (Wildman–Crippen LogP) is 4.70. The van der Waals surface area contributed by atoms with Gasteiger partial charge in [0, 0.05) is 30.9 Å². The zero-order valence-corrected chi connectivity index (χ0v) is 16.7. The van der Waals surface area contributed by atoms with Gasteiger partial charge in [-0.3, -0.25) is 0 Å². The molecule has 2 heterocycles. The first-order chi connectivity index (χ1) is 12.9. The summed E-state index contributed by atoms with van der Waals surface area (Å²) in [6.07, 6.45) is 6.83. The molecule has 0 saturated carbocycles. The van der Waals surface area contributed by atoms with Crippen LogP contribution in [0.1, 0.15) is 63.0 Å². The number of ether oxygens (including phenoxy) is 1. The average Bonchev–Trinajstić information content (AvgIpc) is 3.10. The molecule has 5 heteroatoms. The van der Waals surface area contributed by atoms with Crippen LogP contribution in [0.2, 0.25) is 0 Å². The zero-order valence-electron chi connectivity index (χ0n) is 16.7. The summed E-state index contributed by atoms with van der Waals surface area (Å²) in [5, 5.41) is 0. The molecular weight excluding hydrogens is 338 g/mol. The molecule has 0 radical (unpaired) electrons. The van der Waals surface area contributed by atoms with Gasteiger partial charge in [-0.25, -0.2) is 9.78 Å². The first kappa shape index (κ1) is 19.5. The number of aromatic nitrogens is 2. The second kappa shape index (κ2) is 8.59. The number of rotatable bonds is 5. The van der Waals surface area contributed by atoms with Crippen LogP contribution in [0.3, 0.4) is 0 Å². The first-order valence-corrected chi connectivity index (χ1v) is 9.96. The van der Waals surface area contributed by atoms with E-state index in [-0.39, 0.29) is 6.09 Å². The van der Waals surface area contributed by atoms with Gasteiger partial charge in [0.05, 0.1) is 0 Å². The number of aromatic amines is 1. The molecule has 0 bridgehead atoms. The molecule has 0 unspecified atom stereocenters. The summed E-state index contributed by atoms with van der Waals surface area (Å²) in [5.74, 6) is 1.46. The lowest BCUT2D eigenvalue weighted by Gasteiger charge is -2.32. The molecule has 1 N–H and O–H groups in total. The molecule has 146 valence electrons. The number of carbonyl (C=O) groups is 1. The Balaban J connectivity index is 1.44. The molecule has 0 spiro atoms. The van der Waals surface area contributed by atoms with E-state index in [1.807, 2.05) is 31.9 Å². The fourth-order valence-corrected chi connectivity index (χ4v) is 3.50. The van der Waals surface area contributed by atoms with Crippen LogP contribution in [-0.4, -0.2) is 39.7 Å². The number of imidazole rings is 1. The van der Waals surface area contributed by atoms with Gasteiger partial charge < -0.3 is 14.6 Å². The predicted molar refractivity (Wildman–Crippen MR) is 107 cm³/mol. The number of amides is 1. The Morgan fingerprint density at radius 3 is 2.56 bits per heavy atom. The smallest absolute Gasteiger partial charge is 0.410 e. The lowest BCUT2D eigenvalue weighted by atomic mass is 9.96. The topological polar surface area (TPSA) is 58.2 Å². The first-order valence-electron chi connectivity index (χ1n) is 9.96. The summed E-state index contributed by atoms with van der Waals surface area (Å²) >= 11 is 0. The van der Waals surface area contributed by atoms with E-state index < -0.39 is 5.60 Å². The van der Waals surface area contributed by atoms with E-state index in [2.05, 4.69) is 40.3 Å². The number of aryl methyl sites for hydroxylation is 2. The zero-order chi connectivity index (χ0) is 19.3. The maximum Gasteiger partial charge on any atom is 0.410 e. The van der Waals surface area contributed by atoms with Crippen LogP contribution in [0, 0.1) is 0 Å². The highest BCUT2D eigenvalue weighted by molar-refractivity contribution is 5.68. The molecule has 1 aliphatic heterocycles.